The first-order valence-electron chi connectivity index (χ1n) is 10.5. The summed E-state index contributed by atoms with van der Waals surface area (Å²) in [5, 5.41) is 12.3. The first-order valence-corrected chi connectivity index (χ1v) is 10.9. The van der Waals surface area contributed by atoms with Crippen molar-refractivity contribution in [2.45, 2.75) is 50.6 Å². The van der Waals surface area contributed by atoms with Gasteiger partial charge in [-0.25, -0.2) is 4.68 Å². The van der Waals surface area contributed by atoms with Crippen LogP contribution in [0.1, 0.15) is 60.6 Å². The predicted octanol–water partition coefficient (Wildman–Crippen LogP) is 3.87. The zero-order valence-electron chi connectivity index (χ0n) is 16.6. The van der Waals surface area contributed by atoms with Crippen LogP contribution in [0.2, 0.25) is 0 Å². The molecule has 1 amide bonds. The average Bonchev–Trinajstić information content (AvgIpc) is 3.41. The smallest absolute Gasteiger partial charge is 0.273 e. The average molecular weight is 414 g/mol. The van der Waals surface area contributed by atoms with E-state index in [4.69, 9.17) is 11.6 Å². The fourth-order valence-electron chi connectivity index (χ4n) is 4.27. The number of rotatable bonds is 6. The Balaban J connectivity index is 1.34. The van der Waals surface area contributed by atoms with Crippen LogP contribution in [-0.4, -0.2) is 51.5 Å². The van der Waals surface area contributed by atoms with Crippen molar-refractivity contribution >= 4 is 23.6 Å². The molecule has 154 valence electrons. The summed E-state index contributed by atoms with van der Waals surface area (Å²) < 4.78 is 1.85. The molecule has 2 aliphatic rings. The molecule has 0 bridgehead atoms. The number of nitrogens with one attached hydrogen (secondary N) is 1. The molecule has 1 atom stereocenters. The van der Waals surface area contributed by atoms with Crippen LogP contribution in [-0.2, 0) is 0 Å². The lowest BCUT2D eigenvalue weighted by Crippen LogP contribution is -2.37. The quantitative estimate of drug-likeness (QED) is 0.780. The Labute approximate surface area is 176 Å². The number of hydrogen-bond acceptors (Lipinski definition) is 4. The molecule has 1 aliphatic heterocycles. The Bertz CT molecular complexity index is 844. The molecule has 29 heavy (non-hydrogen) atoms. The molecule has 0 radical (unpaired) electrons. The van der Waals surface area contributed by atoms with Gasteiger partial charge in [-0.05, 0) is 43.9 Å². The van der Waals surface area contributed by atoms with Crippen LogP contribution in [0.5, 0.6) is 0 Å². The van der Waals surface area contributed by atoms with Crippen LogP contribution in [0.15, 0.2) is 41.6 Å². The van der Waals surface area contributed by atoms with Gasteiger partial charge in [0.05, 0.1) is 12.2 Å². The molecule has 1 aliphatic carbocycles. The fourth-order valence-corrected chi connectivity index (χ4v) is 4.56. The summed E-state index contributed by atoms with van der Waals surface area (Å²) in [4.78, 5) is 14.8. The number of benzene rings is 1. The third-order valence-corrected chi connectivity index (χ3v) is 6.01. The molecule has 1 N–H and O–H groups in total. The number of amides is 1. The highest BCUT2D eigenvalue weighted by molar-refractivity contribution is 6.31. The minimum absolute atomic E-state index is 0.107. The van der Waals surface area contributed by atoms with E-state index < -0.39 is 0 Å². The monoisotopic (exact) mass is 413 g/mol. The van der Waals surface area contributed by atoms with Gasteiger partial charge in [-0.2, -0.15) is 0 Å². The summed E-state index contributed by atoms with van der Waals surface area (Å²) in [5.41, 5.74) is 1.52. The number of likely N-dealkylation sites (tertiary alicyclic amines) is 1. The molecule has 1 saturated carbocycles. The summed E-state index contributed by atoms with van der Waals surface area (Å²) in [6.45, 7) is 2.58. The molecule has 1 aromatic heterocycles. The van der Waals surface area contributed by atoms with Crippen LogP contribution in [0.4, 0.5) is 0 Å². The zero-order valence-corrected chi connectivity index (χ0v) is 17.4. The maximum Gasteiger partial charge on any atom is 0.273 e. The van der Waals surface area contributed by atoms with Crippen molar-refractivity contribution in [3.05, 3.63) is 52.8 Å². The number of carbonyl (C=O) groups excluding carboxylic acids is 1. The van der Waals surface area contributed by atoms with Crippen molar-refractivity contribution in [2.24, 2.45) is 0 Å². The second-order valence-electron chi connectivity index (χ2n) is 8.07. The van der Waals surface area contributed by atoms with Gasteiger partial charge in [0.1, 0.15) is 0 Å². The van der Waals surface area contributed by atoms with E-state index in [0.717, 1.165) is 55.9 Å². The fraction of sp³-hybridized carbons (Fsp3) is 0.500. The van der Waals surface area contributed by atoms with E-state index in [1.165, 1.54) is 12.8 Å². The lowest BCUT2D eigenvalue weighted by molar-refractivity contribution is 0.0932. The Kier molecular flexibility index (Phi) is 6.62. The van der Waals surface area contributed by atoms with Crippen molar-refractivity contribution in [3.63, 3.8) is 0 Å². The molecule has 4 rings (SSSR count). The molecular weight excluding hydrogens is 386 g/mol. The Hall–Kier alpha value is -2.18. The van der Waals surface area contributed by atoms with Gasteiger partial charge >= 0.3 is 0 Å². The van der Waals surface area contributed by atoms with Crippen molar-refractivity contribution < 1.29 is 4.79 Å². The van der Waals surface area contributed by atoms with Gasteiger partial charge in [-0.15, -0.1) is 5.10 Å². The number of nitrogens with zero attached hydrogens (tertiary/aromatic N) is 4. The minimum Gasteiger partial charge on any atom is -0.348 e. The highest BCUT2D eigenvalue weighted by atomic mass is 35.5. The summed E-state index contributed by atoms with van der Waals surface area (Å²) in [7, 11) is 0. The van der Waals surface area contributed by atoms with Crippen LogP contribution in [0.3, 0.4) is 0 Å². The van der Waals surface area contributed by atoms with Crippen LogP contribution < -0.4 is 5.32 Å². The Morgan fingerprint density at radius 2 is 1.97 bits per heavy atom. The van der Waals surface area contributed by atoms with Gasteiger partial charge in [0, 0.05) is 24.2 Å². The molecule has 1 aromatic carbocycles. The van der Waals surface area contributed by atoms with Gasteiger partial charge in [0.2, 0.25) is 0 Å². The summed E-state index contributed by atoms with van der Waals surface area (Å²) in [6.07, 6.45) is 10.4. The molecular formula is C22H28ClN5O. The van der Waals surface area contributed by atoms with E-state index in [0.29, 0.717) is 5.69 Å². The highest BCUT2D eigenvalue weighted by Gasteiger charge is 2.25. The second-order valence-corrected chi connectivity index (χ2v) is 8.56. The van der Waals surface area contributed by atoms with Crippen LogP contribution in [0.25, 0.3) is 6.08 Å². The van der Waals surface area contributed by atoms with E-state index in [9.17, 15) is 4.79 Å². The third kappa shape index (κ3) is 5.46. The summed E-state index contributed by atoms with van der Waals surface area (Å²) in [5.74, 6) is -0.107. The van der Waals surface area contributed by atoms with Gasteiger partial charge in [-0.1, -0.05) is 60.0 Å². The van der Waals surface area contributed by atoms with Gasteiger partial charge in [0.25, 0.3) is 5.91 Å². The Morgan fingerprint density at radius 1 is 1.17 bits per heavy atom. The summed E-state index contributed by atoms with van der Waals surface area (Å²) in [6, 6.07) is 10.6. The van der Waals surface area contributed by atoms with Crippen molar-refractivity contribution in [3.8, 4) is 0 Å². The van der Waals surface area contributed by atoms with Crippen molar-refractivity contribution in [2.75, 3.05) is 19.6 Å². The van der Waals surface area contributed by atoms with E-state index in [1.807, 2.05) is 29.0 Å². The van der Waals surface area contributed by atoms with Crippen molar-refractivity contribution in [1.82, 2.24) is 25.2 Å². The molecule has 2 heterocycles. The van der Waals surface area contributed by atoms with E-state index >= 15 is 0 Å². The highest BCUT2D eigenvalue weighted by Crippen LogP contribution is 2.23. The van der Waals surface area contributed by atoms with E-state index in [2.05, 4.69) is 32.7 Å². The molecule has 1 unspecified atom stereocenters. The number of aromatic nitrogens is 3. The van der Waals surface area contributed by atoms with Crippen molar-refractivity contribution in [1.29, 1.82) is 0 Å². The zero-order chi connectivity index (χ0) is 20.1. The number of halogens is 1. The van der Waals surface area contributed by atoms with E-state index in [-0.39, 0.29) is 18.0 Å². The SMILES string of the molecule is O=C(NC1CCCC1)c1cn(C2CCCN(CC(Cl)=Cc3ccccc3)C2)nn1. The minimum atomic E-state index is -0.107. The lowest BCUT2D eigenvalue weighted by atomic mass is 10.1. The molecule has 7 heteroatoms. The number of carbonyl (C=O) groups is 1. The molecule has 1 saturated heterocycles. The van der Waals surface area contributed by atoms with Crippen LogP contribution >= 0.6 is 11.6 Å². The van der Waals surface area contributed by atoms with Gasteiger partial charge < -0.3 is 5.32 Å². The lowest BCUT2D eigenvalue weighted by Gasteiger charge is -2.32. The van der Waals surface area contributed by atoms with Gasteiger partial charge in [0.15, 0.2) is 5.69 Å². The van der Waals surface area contributed by atoms with Gasteiger partial charge in [-0.3, -0.25) is 9.69 Å². The van der Waals surface area contributed by atoms with E-state index in [1.54, 1.807) is 6.20 Å². The molecule has 6 nitrogen and oxygen atoms in total. The molecule has 2 aromatic rings. The third-order valence-electron chi connectivity index (χ3n) is 5.79. The Morgan fingerprint density at radius 3 is 2.76 bits per heavy atom. The maximum atomic E-state index is 12.4. The predicted molar refractivity (Wildman–Crippen MR) is 115 cm³/mol. The first kappa shape index (κ1) is 20.1. The number of hydrogen-bond donors (Lipinski definition) is 1. The molecule has 0 spiro atoms. The number of piperidine rings is 1. The summed E-state index contributed by atoms with van der Waals surface area (Å²) >= 11 is 6.50. The topological polar surface area (TPSA) is 63.1 Å². The first-order chi connectivity index (χ1) is 14.2. The maximum absolute atomic E-state index is 12.4. The molecule has 2 fully saturated rings. The standard InChI is InChI=1S/C22H28ClN5O/c23-18(13-17-7-2-1-3-8-17)14-27-12-6-11-20(15-27)28-16-21(25-26-28)22(29)24-19-9-4-5-10-19/h1-3,7-8,13,16,19-20H,4-6,9-12,14-15H2,(H,24,29). The largest absolute Gasteiger partial charge is 0.348 e. The normalized spacial score (nSPS) is 21.4. The second kappa shape index (κ2) is 9.55. The van der Waals surface area contributed by atoms with Crippen LogP contribution in [0, 0.1) is 0 Å².